The SMILES string of the molecule is Cc1ccc(S(=O)(=O)N(CCC(=O)NCc2nc3ccccc3s2)c2ccccc2)cc1. The van der Waals surface area contributed by atoms with Crippen molar-refractivity contribution in [1.82, 2.24) is 10.3 Å². The fourth-order valence-corrected chi connectivity index (χ4v) is 5.65. The summed E-state index contributed by atoms with van der Waals surface area (Å²) in [6, 6.07) is 23.4. The molecule has 4 rings (SSSR count). The van der Waals surface area contributed by atoms with Gasteiger partial charge in [-0.1, -0.05) is 48.0 Å². The van der Waals surface area contributed by atoms with Gasteiger partial charge in [0.1, 0.15) is 5.01 Å². The largest absolute Gasteiger partial charge is 0.350 e. The third-order valence-electron chi connectivity index (χ3n) is 4.97. The zero-order valence-corrected chi connectivity index (χ0v) is 19.2. The zero-order chi connectivity index (χ0) is 22.6. The van der Waals surface area contributed by atoms with Gasteiger partial charge in [-0.2, -0.15) is 0 Å². The molecular weight excluding hydrogens is 442 g/mol. The predicted molar refractivity (Wildman–Crippen MR) is 128 cm³/mol. The number of rotatable bonds is 8. The molecule has 0 aliphatic heterocycles. The number of carbonyl (C=O) groups is 1. The van der Waals surface area contributed by atoms with Crippen LogP contribution in [-0.4, -0.2) is 25.9 Å². The summed E-state index contributed by atoms with van der Waals surface area (Å²) in [5.41, 5.74) is 2.40. The van der Waals surface area contributed by atoms with Crippen molar-refractivity contribution >= 4 is 43.2 Å². The number of aromatic nitrogens is 1. The van der Waals surface area contributed by atoms with Gasteiger partial charge in [0.05, 0.1) is 27.3 Å². The van der Waals surface area contributed by atoms with Crippen molar-refractivity contribution in [1.29, 1.82) is 0 Å². The van der Waals surface area contributed by atoms with Gasteiger partial charge in [-0.05, 0) is 43.3 Å². The molecule has 1 amide bonds. The van der Waals surface area contributed by atoms with Crippen molar-refractivity contribution in [3.63, 3.8) is 0 Å². The van der Waals surface area contributed by atoms with Gasteiger partial charge < -0.3 is 5.32 Å². The number of nitrogens with one attached hydrogen (secondary N) is 1. The molecule has 4 aromatic rings. The van der Waals surface area contributed by atoms with E-state index >= 15 is 0 Å². The van der Waals surface area contributed by atoms with Gasteiger partial charge in [-0.15, -0.1) is 11.3 Å². The minimum atomic E-state index is -3.81. The maximum absolute atomic E-state index is 13.3. The second-order valence-corrected chi connectivity index (χ2v) is 10.3. The monoisotopic (exact) mass is 465 g/mol. The Bertz CT molecular complexity index is 1280. The topological polar surface area (TPSA) is 79.4 Å². The number of para-hydroxylation sites is 2. The lowest BCUT2D eigenvalue weighted by molar-refractivity contribution is -0.121. The van der Waals surface area contributed by atoms with E-state index in [1.54, 1.807) is 48.5 Å². The molecule has 0 fully saturated rings. The van der Waals surface area contributed by atoms with Gasteiger partial charge in [0.25, 0.3) is 10.0 Å². The standard InChI is InChI=1S/C24H23N3O3S2/c1-18-11-13-20(14-12-18)32(29,30)27(19-7-3-2-4-8-19)16-15-23(28)25-17-24-26-21-9-5-6-10-22(21)31-24/h2-14H,15-17H2,1H3,(H,25,28). The quantitative estimate of drug-likeness (QED) is 0.415. The molecular formula is C24H23N3O3S2. The second-order valence-electron chi connectivity index (χ2n) is 7.33. The number of aryl methyl sites for hydroxylation is 1. The highest BCUT2D eigenvalue weighted by molar-refractivity contribution is 7.92. The number of anilines is 1. The lowest BCUT2D eigenvalue weighted by Gasteiger charge is -2.24. The number of hydrogen-bond donors (Lipinski definition) is 1. The number of carbonyl (C=O) groups excluding carboxylic acids is 1. The van der Waals surface area contributed by atoms with Gasteiger partial charge in [-0.25, -0.2) is 13.4 Å². The highest BCUT2D eigenvalue weighted by Crippen LogP contribution is 2.24. The maximum Gasteiger partial charge on any atom is 0.264 e. The van der Waals surface area contributed by atoms with Crippen molar-refractivity contribution < 1.29 is 13.2 Å². The summed E-state index contributed by atoms with van der Waals surface area (Å²) >= 11 is 1.53. The summed E-state index contributed by atoms with van der Waals surface area (Å²) in [6.45, 7) is 2.25. The smallest absolute Gasteiger partial charge is 0.264 e. The number of amides is 1. The minimum absolute atomic E-state index is 0.0326. The molecule has 0 aliphatic carbocycles. The Morgan fingerprint density at radius 2 is 1.66 bits per heavy atom. The average Bonchev–Trinajstić information content (AvgIpc) is 3.22. The molecule has 0 atom stereocenters. The van der Waals surface area contributed by atoms with E-state index in [0.29, 0.717) is 12.2 Å². The number of benzene rings is 3. The van der Waals surface area contributed by atoms with Crippen LogP contribution in [0.15, 0.2) is 83.8 Å². The molecule has 3 aromatic carbocycles. The summed E-state index contributed by atoms with van der Waals surface area (Å²) in [5, 5.41) is 3.66. The van der Waals surface area contributed by atoms with Crippen molar-refractivity contribution in [2.45, 2.75) is 24.8 Å². The van der Waals surface area contributed by atoms with Gasteiger partial charge in [0.2, 0.25) is 5.91 Å². The van der Waals surface area contributed by atoms with Crippen LogP contribution >= 0.6 is 11.3 Å². The first-order valence-electron chi connectivity index (χ1n) is 10.2. The van der Waals surface area contributed by atoms with E-state index in [-0.39, 0.29) is 23.8 Å². The molecule has 0 radical (unpaired) electrons. The van der Waals surface area contributed by atoms with Gasteiger partial charge in [0.15, 0.2) is 0 Å². The Hall–Kier alpha value is -3.23. The Kier molecular flexibility index (Phi) is 6.53. The van der Waals surface area contributed by atoms with E-state index in [1.165, 1.54) is 15.6 Å². The number of fused-ring (bicyclic) bond motifs is 1. The highest BCUT2D eigenvalue weighted by Gasteiger charge is 2.25. The Morgan fingerprint density at radius 3 is 2.38 bits per heavy atom. The molecule has 0 saturated carbocycles. The minimum Gasteiger partial charge on any atom is -0.350 e. The summed E-state index contributed by atoms with van der Waals surface area (Å²) in [5.74, 6) is -0.232. The fraction of sp³-hybridized carbons (Fsp3) is 0.167. The molecule has 6 nitrogen and oxygen atoms in total. The first-order valence-corrected chi connectivity index (χ1v) is 12.4. The van der Waals surface area contributed by atoms with E-state index in [0.717, 1.165) is 20.8 Å². The van der Waals surface area contributed by atoms with E-state index in [1.807, 2.05) is 37.3 Å². The first kappa shape index (κ1) is 22.0. The van der Waals surface area contributed by atoms with E-state index < -0.39 is 10.0 Å². The molecule has 8 heteroatoms. The van der Waals surface area contributed by atoms with Crippen LogP contribution in [0.25, 0.3) is 10.2 Å². The van der Waals surface area contributed by atoms with Crippen LogP contribution in [-0.2, 0) is 21.4 Å². The van der Waals surface area contributed by atoms with Crippen molar-refractivity contribution in [3.8, 4) is 0 Å². The van der Waals surface area contributed by atoms with Crippen molar-refractivity contribution in [3.05, 3.63) is 89.4 Å². The molecule has 0 unspecified atom stereocenters. The zero-order valence-electron chi connectivity index (χ0n) is 17.6. The van der Waals surface area contributed by atoms with Crippen LogP contribution in [0, 0.1) is 6.92 Å². The van der Waals surface area contributed by atoms with Crippen LogP contribution in [0.2, 0.25) is 0 Å². The summed E-state index contributed by atoms with van der Waals surface area (Å²) < 4.78 is 29.0. The third-order valence-corrected chi connectivity index (χ3v) is 7.85. The third kappa shape index (κ3) is 4.98. The normalized spacial score (nSPS) is 11.4. The molecule has 32 heavy (non-hydrogen) atoms. The molecule has 1 aromatic heterocycles. The summed E-state index contributed by atoms with van der Waals surface area (Å²) in [6.07, 6.45) is 0.0326. The summed E-state index contributed by atoms with van der Waals surface area (Å²) in [7, 11) is -3.81. The molecule has 0 saturated heterocycles. The molecule has 1 heterocycles. The van der Waals surface area contributed by atoms with Crippen LogP contribution in [0.5, 0.6) is 0 Å². The van der Waals surface area contributed by atoms with Crippen LogP contribution < -0.4 is 9.62 Å². The molecule has 0 bridgehead atoms. The Labute approximate surface area is 191 Å². The van der Waals surface area contributed by atoms with Crippen molar-refractivity contribution in [2.75, 3.05) is 10.8 Å². The van der Waals surface area contributed by atoms with Crippen LogP contribution in [0.3, 0.4) is 0 Å². The number of hydrogen-bond acceptors (Lipinski definition) is 5. The fourth-order valence-electron chi connectivity index (χ4n) is 3.28. The molecule has 0 aliphatic rings. The van der Waals surface area contributed by atoms with Crippen LogP contribution in [0.4, 0.5) is 5.69 Å². The van der Waals surface area contributed by atoms with E-state index in [2.05, 4.69) is 10.3 Å². The number of nitrogens with zero attached hydrogens (tertiary/aromatic N) is 2. The van der Waals surface area contributed by atoms with E-state index in [4.69, 9.17) is 0 Å². The predicted octanol–water partition coefficient (Wildman–Crippen LogP) is 4.51. The first-order chi connectivity index (χ1) is 15.4. The van der Waals surface area contributed by atoms with Gasteiger partial charge in [0, 0.05) is 13.0 Å². The lowest BCUT2D eigenvalue weighted by atomic mass is 10.2. The number of thiazole rings is 1. The van der Waals surface area contributed by atoms with Gasteiger partial charge in [-0.3, -0.25) is 9.10 Å². The van der Waals surface area contributed by atoms with Gasteiger partial charge >= 0.3 is 0 Å². The second kappa shape index (κ2) is 9.50. The molecule has 1 N–H and O–H groups in total. The Morgan fingerprint density at radius 1 is 0.969 bits per heavy atom. The maximum atomic E-state index is 13.3. The molecule has 164 valence electrons. The van der Waals surface area contributed by atoms with Crippen LogP contribution in [0.1, 0.15) is 17.0 Å². The van der Waals surface area contributed by atoms with Crippen molar-refractivity contribution in [2.24, 2.45) is 0 Å². The summed E-state index contributed by atoms with van der Waals surface area (Å²) in [4.78, 5) is 17.2. The number of sulfonamides is 1. The molecule has 0 spiro atoms. The lowest BCUT2D eigenvalue weighted by Crippen LogP contribution is -2.35. The Balaban J connectivity index is 1.46. The highest BCUT2D eigenvalue weighted by atomic mass is 32.2. The van der Waals surface area contributed by atoms with E-state index in [9.17, 15) is 13.2 Å². The average molecular weight is 466 g/mol.